The van der Waals surface area contributed by atoms with Gasteiger partial charge in [-0.2, -0.15) is 0 Å². The second-order valence-corrected chi connectivity index (χ2v) is 4.30. The molecule has 1 saturated carbocycles. The second kappa shape index (κ2) is 4.35. The van der Waals surface area contributed by atoms with Gasteiger partial charge in [0.25, 0.3) is 0 Å². The van der Waals surface area contributed by atoms with Crippen molar-refractivity contribution in [1.29, 1.82) is 0 Å². The SMILES string of the molecule is CCNC1CCC(Br)CC1. The zero-order valence-corrected chi connectivity index (χ0v) is 8.15. The van der Waals surface area contributed by atoms with E-state index in [4.69, 9.17) is 0 Å². The first-order valence-electron chi connectivity index (χ1n) is 4.20. The molecule has 1 aliphatic rings. The van der Waals surface area contributed by atoms with Crippen LogP contribution in [-0.4, -0.2) is 17.4 Å². The Hall–Kier alpha value is 0.440. The lowest BCUT2D eigenvalue weighted by molar-refractivity contribution is 0.389. The Bertz CT molecular complexity index is 87.3. The van der Waals surface area contributed by atoms with E-state index in [9.17, 15) is 0 Å². The molecule has 0 heterocycles. The van der Waals surface area contributed by atoms with Crippen LogP contribution in [0.25, 0.3) is 0 Å². The minimum Gasteiger partial charge on any atom is -0.314 e. The van der Waals surface area contributed by atoms with Gasteiger partial charge < -0.3 is 5.32 Å². The van der Waals surface area contributed by atoms with Crippen LogP contribution < -0.4 is 5.32 Å². The summed E-state index contributed by atoms with van der Waals surface area (Å²) >= 11 is 3.64. The van der Waals surface area contributed by atoms with Gasteiger partial charge in [0.05, 0.1) is 0 Å². The second-order valence-electron chi connectivity index (χ2n) is 3.01. The first kappa shape index (κ1) is 8.54. The maximum Gasteiger partial charge on any atom is 0.0147 e. The number of hydrogen-bond donors (Lipinski definition) is 1. The molecule has 60 valence electrons. The highest BCUT2D eigenvalue weighted by molar-refractivity contribution is 9.09. The van der Waals surface area contributed by atoms with Crippen molar-refractivity contribution in [2.75, 3.05) is 6.54 Å². The zero-order chi connectivity index (χ0) is 7.40. The van der Waals surface area contributed by atoms with Crippen LogP contribution in [0, 0.1) is 0 Å². The van der Waals surface area contributed by atoms with Crippen LogP contribution in [0.2, 0.25) is 0 Å². The van der Waals surface area contributed by atoms with E-state index in [0.717, 1.165) is 17.4 Å². The summed E-state index contributed by atoms with van der Waals surface area (Å²) in [6.07, 6.45) is 5.39. The normalized spacial score (nSPS) is 34.2. The molecule has 0 aromatic carbocycles. The Kier molecular flexibility index (Phi) is 3.71. The van der Waals surface area contributed by atoms with E-state index in [-0.39, 0.29) is 0 Å². The van der Waals surface area contributed by atoms with Crippen molar-refractivity contribution >= 4 is 15.9 Å². The summed E-state index contributed by atoms with van der Waals surface area (Å²) in [7, 11) is 0. The highest BCUT2D eigenvalue weighted by Gasteiger charge is 2.17. The fourth-order valence-electron chi connectivity index (χ4n) is 1.55. The predicted octanol–water partition coefficient (Wildman–Crippen LogP) is 2.30. The molecule has 0 radical (unpaired) electrons. The van der Waals surface area contributed by atoms with Gasteiger partial charge in [-0.15, -0.1) is 0 Å². The summed E-state index contributed by atoms with van der Waals surface area (Å²) in [6, 6.07) is 0.804. The molecule has 1 fully saturated rings. The van der Waals surface area contributed by atoms with Crippen LogP contribution in [0.15, 0.2) is 0 Å². The molecule has 2 heteroatoms. The third kappa shape index (κ3) is 2.59. The third-order valence-electron chi connectivity index (χ3n) is 2.15. The van der Waals surface area contributed by atoms with Gasteiger partial charge in [-0.1, -0.05) is 22.9 Å². The van der Waals surface area contributed by atoms with Crippen molar-refractivity contribution in [2.45, 2.75) is 43.5 Å². The van der Waals surface area contributed by atoms with E-state index in [2.05, 4.69) is 28.2 Å². The predicted molar refractivity (Wildman–Crippen MR) is 48.6 cm³/mol. The quantitative estimate of drug-likeness (QED) is 0.683. The summed E-state index contributed by atoms with van der Waals surface area (Å²) in [5.41, 5.74) is 0. The van der Waals surface area contributed by atoms with Crippen molar-refractivity contribution in [3.63, 3.8) is 0 Å². The minimum absolute atomic E-state index is 0.794. The van der Waals surface area contributed by atoms with Crippen LogP contribution >= 0.6 is 15.9 Å². The summed E-state index contributed by atoms with van der Waals surface area (Å²) in [5, 5.41) is 3.48. The minimum atomic E-state index is 0.794. The molecule has 0 atom stereocenters. The molecule has 0 aromatic heterocycles. The van der Waals surface area contributed by atoms with Crippen LogP contribution in [0.1, 0.15) is 32.6 Å². The van der Waals surface area contributed by atoms with Gasteiger partial charge in [-0.3, -0.25) is 0 Å². The number of hydrogen-bond acceptors (Lipinski definition) is 1. The van der Waals surface area contributed by atoms with Gasteiger partial charge in [-0.25, -0.2) is 0 Å². The zero-order valence-electron chi connectivity index (χ0n) is 6.57. The van der Waals surface area contributed by atoms with E-state index in [1.165, 1.54) is 25.7 Å². The summed E-state index contributed by atoms with van der Waals surface area (Å²) in [5.74, 6) is 0. The Balaban J connectivity index is 2.13. The smallest absolute Gasteiger partial charge is 0.0147 e. The third-order valence-corrected chi connectivity index (χ3v) is 3.07. The Labute approximate surface area is 71.7 Å². The molecule has 1 rings (SSSR count). The van der Waals surface area contributed by atoms with Crippen LogP contribution in [-0.2, 0) is 0 Å². The lowest BCUT2D eigenvalue weighted by atomic mass is 9.95. The van der Waals surface area contributed by atoms with Crippen molar-refractivity contribution < 1.29 is 0 Å². The Morgan fingerprint density at radius 2 is 1.90 bits per heavy atom. The molecule has 0 saturated heterocycles. The number of nitrogens with one attached hydrogen (secondary N) is 1. The van der Waals surface area contributed by atoms with E-state index in [1.807, 2.05) is 0 Å². The molecule has 0 bridgehead atoms. The van der Waals surface area contributed by atoms with Gasteiger partial charge in [0.15, 0.2) is 0 Å². The van der Waals surface area contributed by atoms with E-state index in [0.29, 0.717) is 0 Å². The van der Waals surface area contributed by atoms with Crippen molar-refractivity contribution in [3.8, 4) is 0 Å². The van der Waals surface area contributed by atoms with Crippen molar-refractivity contribution in [2.24, 2.45) is 0 Å². The summed E-state index contributed by atoms with van der Waals surface area (Å²) in [6.45, 7) is 3.30. The van der Waals surface area contributed by atoms with Gasteiger partial charge in [0.1, 0.15) is 0 Å². The first-order valence-corrected chi connectivity index (χ1v) is 5.12. The Morgan fingerprint density at radius 3 is 2.40 bits per heavy atom. The highest BCUT2D eigenvalue weighted by Crippen LogP contribution is 2.23. The van der Waals surface area contributed by atoms with E-state index >= 15 is 0 Å². The standard InChI is InChI=1S/C8H16BrN/c1-2-10-8-5-3-7(9)4-6-8/h7-8,10H,2-6H2,1H3. The number of alkyl halides is 1. The molecule has 0 amide bonds. The monoisotopic (exact) mass is 205 g/mol. The number of rotatable bonds is 2. The maximum absolute atomic E-state index is 3.64. The fourth-order valence-corrected chi connectivity index (χ4v) is 2.07. The van der Waals surface area contributed by atoms with E-state index < -0.39 is 0 Å². The molecular weight excluding hydrogens is 190 g/mol. The maximum atomic E-state index is 3.64. The number of halogens is 1. The summed E-state index contributed by atoms with van der Waals surface area (Å²) < 4.78 is 0. The molecule has 1 aliphatic carbocycles. The van der Waals surface area contributed by atoms with Gasteiger partial charge in [0, 0.05) is 10.9 Å². The van der Waals surface area contributed by atoms with Gasteiger partial charge >= 0.3 is 0 Å². The van der Waals surface area contributed by atoms with Gasteiger partial charge in [0.2, 0.25) is 0 Å². The molecule has 0 unspecified atom stereocenters. The molecular formula is C8H16BrN. The van der Waals surface area contributed by atoms with Crippen LogP contribution in [0.3, 0.4) is 0 Å². The van der Waals surface area contributed by atoms with E-state index in [1.54, 1.807) is 0 Å². The molecule has 0 aromatic rings. The average Bonchev–Trinajstić information content (AvgIpc) is 1.95. The molecule has 0 spiro atoms. The highest BCUT2D eigenvalue weighted by atomic mass is 79.9. The Morgan fingerprint density at radius 1 is 1.30 bits per heavy atom. The largest absolute Gasteiger partial charge is 0.314 e. The molecule has 10 heavy (non-hydrogen) atoms. The van der Waals surface area contributed by atoms with Gasteiger partial charge in [-0.05, 0) is 32.2 Å². The molecule has 1 nitrogen and oxygen atoms in total. The lowest BCUT2D eigenvalue weighted by Gasteiger charge is -2.25. The lowest BCUT2D eigenvalue weighted by Crippen LogP contribution is -2.32. The van der Waals surface area contributed by atoms with Crippen LogP contribution in [0.5, 0.6) is 0 Å². The van der Waals surface area contributed by atoms with Crippen molar-refractivity contribution in [1.82, 2.24) is 5.32 Å². The fraction of sp³-hybridized carbons (Fsp3) is 1.00. The topological polar surface area (TPSA) is 12.0 Å². The average molecular weight is 206 g/mol. The summed E-state index contributed by atoms with van der Waals surface area (Å²) in [4.78, 5) is 0.794. The first-order chi connectivity index (χ1) is 4.83. The molecule has 1 N–H and O–H groups in total. The van der Waals surface area contributed by atoms with Crippen LogP contribution in [0.4, 0.5) is 0 Å². The molecule has 0 aliphatic heterocycles. The van der Waals surface area contributed by atoms with Crippen molar-refractivity contribution in [3.05, 3.63) is 0 Å².